The van der Waals surface area contributed by atoms with Crippen molar-refractivity contribution in [2.24, 2.45) is 11.8 Å². The molecule has 0 radical (unpaired) electrons. The normalized spacial score (nSPS) is 31.6. The van der Waals surface area contributed by atoms with Gasteiger partial charge in [0.25, 0.3) is 0 Å². The lowest BCUT2D eigenvalue weighted by Crippen LogP contribution is -2.41. The van der Waals surface area contributed by atoms with E-state index in [1.807, 2.05) is 0 Å². The van der Waals surface area contributed by atoms with Crippen LogP contribution in [0.4, 0.5) is 0 Å². The fraction of sp³-hybridized carbons (Fsp3) is 0.571. The number of benzene rings is 2. The zero-order chi connectivity index (χ0) is 21.9. The van der Waals surface area contributed by atoms with Crippen LogP contribution in [-0.2, 0) is 14.7 Å². The van der Waals surface area contributed by atoms with Crippen molar-refractivity contribution in [3.05, 3.63) is 54.1 Å². The highest BCUT2D eigenvalue weighted by molar-refractivity contribution is 6.62. The Balaban J connectivity index is 1.33. The second-order valence-corrected chi connectivity index (χ2v) is 11.4. The maximum atomic E-state index is 6.20. The summed E-state index contributed by atoms with van der Waals surface area (Å²) in [4.78, 5) is 0. The summed E-state index contributed by atoms with van der Waals surface area (Å²) < 4.78 is 12.4. The lowest BCUT2D eigenvalue weighted by atomic mass is 9.56. The van der Waals surface area contributed by atoms with Gasteiger partial charge < -0.3 is 9.31 Å². The third-order valence-corrected chi connectivity index (χ3v) is 9.03. The summed E-state index contributed by atoms with van der Waals surface area (Å²) in [6, 6.07) is 18.2. The highest BCUT2D eigenvalue weighted by Gasteiger charge is 2.51. The zero-order valence-corrected chi connectivity index (χ0v) is 19.9. The first-order valence-electron chi connectivity index (χ1n) is 12.3. The van der Waals surface area contributed by atoms with Crippen LogP contribution in [0.5, 0.6) is 0 Å². The van der Waals surface area contributed by atoms with Gasteiger partial charge in [0.05, 0.1) is 11.2 Å². The third kappa shape index (κ3) is 3.68. The first kappa shape index (κ1) is 21.3. The Morgan fingerprint density at radius 1 is 0.774 bits per heavy atom. The number of hydrogen-bond acceptors (Lipinski definition) is 2. The van der Waals surface area contributed by atoms with Gasteiger partial charge in [-0.25, -0.2) is 0 Å². The minimum Gasteiger partial charge on any atom is -0.399 e. The van der Waals surface area contributed by atoms with Crippen LogP contribution in [0.15, 0.2) is 48.5 Å². The van der Waals surface area contributed by atoms with Crippen LogP contribution in [0.3, 0.4) is 0 Å². The van der Waals surface area contributed by atoms with E-state index >= 15 is 0 Å². The fourth-order valence-electron chi connectivity index (χ4n) is 6.10. The van der Waals surface area contributed by atoms with Gasteiger partial charge in [-0.3, -0.25) is 0 Å². The molecule has 0 spiro atoms. The van der Waals surface area contributed by atoms with E-state index < -0.39 is 0 Å². The number of hydrogen-bond donors (Lipinski definition) is 0. The topological polar surface area (TPSA) is 18.5 Å². The maximum absolute atomic E-state index is 6.20. The Morgan fingerprint density at radius 3 is 1.97 bits per heavy atom. The van der Waals surface area contributed by atoms with Crippen molar-refractivity contribution >= 4 is 12.6 Å². The molecule has 2 saturated carbocycles. The molecule has 3 atom stereocenters. The van der Waals surface area contributed by atoms with E-state index in [2.05, 4.69) is 83.1 Å². The fourth-order valence-corrected chi connectivity index (χ4v) is 6.10. The molecule has 1 aliphatic heterocycles. The predicted octanol–water partition coefficient (Wildman–Crippen LogP) is 6.51. The summed E-state index contributed by atoms with van der Waals surface area (Å²) in [6.07, 6.45) is 8.38. The molecule has 3 aliphatic rings. The van der Waals surface area contributed by atoms with Crippen LogP contribution < -0.4 is 5.46 Å². The minimum atomic E-state index is -0.305. The first-order valence-corrected chi connectivity index (χ1v) is 12.3. The quantitative estimate of drug-likeness (QED) is 0.531. The summed E-state index contributed by atoms with van der Waals surface area (Å²) in [5.41, 5.74) is 5.03. The highest BCUT2D eigenvalue weighted by atomic mass is 16.7. The summed E-state index contributed by atoms with van der Waals surface area (Å²) in [5.74, 6) is 1.85. The van der Waals surface area contributed by atoms with E-state index in [9.17, 15) is 0 Å². The Labute approximate surface area is 188 Å². The van der Waals surface area contributed by atoms with Crippen LogP contribution in [0, 0.1) is 11.8 Å². The molecule has 2 nitrogen and oxygen atoms in total. The lowest BCUT2D eigenvalue weighted by molar-refractivity contribution is 0.00578. The van der Waals surface area contributed by atoms with Gasteiger partial charge in [0.15, 0.2) is 0 Å². The van der Waals surface area contributed by atoms with Gasteiger partial charge in [-0.05, 0) is 92.8 Å². The molecule has 2 bridgehead atoms. The number of fused-ring (bicyclic) bond motifs is 2. The van der Waals surface area contributed by atoms with Crippen molar-refractivity contribution in [3.8, 4) is 11.1 Å². The predicted molar refractivity (Wildman–Crippen MR) is 130 cm³/mol. The SMILES string of the molecule is CC1CCC2(c3ccc(-c4ccc(B5OC(C)(C)C(C)(C)O5)cc4)cc3)CCCC1C2. The van der Waals surface area contributed by atoms with E-state index in [-0.39, 0.29) is 18.3 Å². The van der Waals surface area contributed by atoms with E-state index in [1.165, 1.54) is 49.7 Å². The lowest BCUT2D eigenvalue weighted by Gasteiger charge is -2.48. The van der Waals surface area contributed by atoms with E-state index in [4.69, 9.17) is 9.31 Å². The van der Waals surface area contributed by atoms with Crippen molar-refractivity contribution in [2.75, 3.05) is 0 Å². The molecule has 2 aliphatic carbocycles. The molecule has 31 heavy (non-hydrogen) atoms. The monoisotopic (exact) mass is 416 g/mol. The standard InChI is InChI=1S/C28H37BO2/c1-20-16-18-28(17-6-7-23(20)19-28)24-12-8-21(9-13-24)22-10-14-25(15-11-22)29-30-26(2,3)27(4,5)31-29/h8-15,20,23H,6-7,16-19H2,1-5H3. The largest absolute Gasteiger partial charge is 0.494 e. The number of rotatable bonds is 3. The van der Waals surface area contributed by atoms with Gasteiger partial charge in [0.2, 0.25) is 0 Å². The van der Waals surface area contributed by atoms with E-state index in [1.54, 1.807) is 5.56 Å². The van der Waals surface area contributed by atoms with Gasteiger partial charge in [0, 0.05) is 0 Å². The summed E-state index contributed by atoms with van der Waals surface area (Å²) in [7, 11) is -0.298. The van der Waals surface area contributed by atoms with Crippen LogP contribution in [-0.4, -0.2) is 18.3 Å². The van der Waals surface area contributed by atoms with Crippen molar-refractivity contribution in [1.82, 2.24) is 0 Å². The highest BCUT2D eigenvalue weighted by Crippen LogP contribution is 2.52. The van der Waals surface area contributed by atoms with Crippen molar-refractivity contribution in [3.63, 3.8) is 0 Å². The summed E-state index contributed by atoms with van der Waals surface area (Å²) >= 11 is 0. The average molecular weight is 416 g/mol. The third-order valence-electron chi connectivity index (χ3n) is 9.03. The van der Waals surface area contributed by atoms with Gasteiger partial charge in [-0.15, -0.1) is 0 Å². The van der Waals surface area contributed by atoms with Crippen molar-refractivity contribution in [2.45, 2.75) is 89.8 Å². The molecular formula is C28H37BO2. The van der Waals surface area contributed by atoms with E-state index in [0.717, 1.165) is 17.3 Å². The molecule has 3 unspecified atom stereocenters. The molecule has 0 N–H and O–H groups in total. The van der Waals surface area contributed by atoms with Crippen LogP contribution in [0.25, 0.3) is 11.1 Å². The average Bonchev–Trinajstić information content (AvgIpc) is 2.99. The molecule has 5 rings (SSSR count). The maximum Gasteiger partial charge on any atom is 0.494 e. The Morgan fingerprint density at radius 2 is 1.35 bits per heavy atom. The van der Waals surface area contributed by atoms with Crippen LogP contribution in [0.2, 0.25) is 0 Å². The Kier molecular flexibility index (Phi) is 5.14. The second kappa shape index (κ2) is 7.49. The van der Waals surface area contributed by atoms with Crippen molar-refractivity contribution in [1.29, 1.82) is 0 Å². The molecule has 3 fully saturated rings. The molecule has 3 heteroatoms. The van der Waals surface area contributed by atoms with E-state index in [0.29, 0.717) is 5.41 Å². The molecule has 1 heterocycles. The molecule has 0 aromatic heterocycles. The smallest absolute Gasteiger partial charge is 0.399 e. The Bertz CT molecular complexity index is 914. The minimum absolute atomic E-state index is 0.298. The molecule has 0 amide bonds. The van der Waals surface area contributed by atoms with Gasteiger partial charge >= 0.3 is 7.12 Å². The first-order chi connectivity index (χ1) is 14.7. The van der Waals surface area contributed by atoms with Gasteiger partial charge in [-0.2, -0.15) is 0 Å². The zero-order valence-electron chi connectivity index (χ0n) is 19.9. The molecule has 2 aromatic rings. The molecule has 2 aromatic carbocycles. The summed E-state index contributed by atoms with van der Waals surface area (Å²) in [5, 5.41) is 0. The molecule has 1 saturated heterocycles. The van der Waals surface area contributed by atoms with Crippen molar-refractivity contribution < 1.29 is 9.31 Å². The second-order valence-electron chi connectivity index (χ2n) is 11.4. The molecular weight excluding hydrogens is 379 g/mol. The van der Waals surface area contributed by atoms with Gasteiger partial charge in [-0.1, -0.05) is 68.3 Å². The van der Waals surface area contributed by atoms with Crippen LogP contribution >= 0.6 is 0 Å². The summed E-state index contributed by atoms with van der Waals surface area (Å²) in [6.45, 7) is 10.9. The Hall–Kier alpha value is -1.58. The van der Waals surface area contributed by atoms with Gasteiger partial charge in [0.1, 0.15) is 0 Å². The molecule has 164 valence electrons. The van der Waals surface area contributed by atoms with Crippen LogP contribution in [0.1, 0.15) is 78.7 Å².